The van der Waals surface area contributed by atoms with Crippen molar-refractivity contribution in [3.63, 3.8) is 0 Å². The number of amides is 1. The van der Waals surface area contributed by atoms with Crippen LogP contribution in [-0.4, -0.2) is 47.8 Å². The van der Waals surface area contributed by atoms with Gasteiger partial charge in [0, 0.05) is 5.69 Å². The molecule has 1 amide bonds. The van der Waals surface area contributed by atoms with Gasteiger partial charge in [-0.05, 0) is 62.0 Å². The molecule has 2 heterocycles. The van der Waals surface area contributed by atoms with Crippen molar-refractivity contribution in [3.05, 3.63) is 69.6 Å². The average molecular weight is 558 g/mol. The van der Waals surface area contributed by atoms with Crippen LogP contribution >= 0.6 is 22.9 Å². The number of thiophene rings is 1. The Morgan fingerprint density at radius 3 is 2.50 bits per heavy atom. The molecule has 1 fully saturated rings. The Bertz CT molecular complexity index is 1370. The molecule has 1 aliphatic rings. The molecule has 6 N–H and O–H groups in total. The van der Waals surface area contributed by atoms with E-state index < -0.39 is 30.0 Å². The van der Waals surface area contributed by atoms with Gasteiger partial charge in [0.15, 0.2) is 17.2 Å². The van der Waals surface area contributed by atoms with E-state index in [2.05, 4.69) is 10.6 Å². The summed E-state index contributed by atoms with van der Waals surface area (Å²) in [6.07, 6.45) is 1.49. The Morgan fingerprint density at radius 1 is 1.16 bits per heavy atom. The number of carbonyl (C=O) groups excluding carboxylic acids is 1. The van der Waals surface area contributed by atoms with Gasteiger partial charge in [-0.3, -0.25) is 4.79 Å². The number of nitrogens with two attached hydrogens (primary N) is 1. The van der Waals surface area contributed by atoms with Crippen LogP contribution in [0.3, 0.4) is 0 Å². The molecular formula is C27H28ClN3O6S. The molecule has 200 valence electrons. The van der Waals surface area contributed by atoms with E-state index in [4.69, 9.17) is 27.2 Å². The predicted octanol–water partition coefficient (Wildman–Crippen LogP) is 4.33. The normalized spacial score (nSPS) is 15.4. The van der Waals surface area contributed by atoms with Crippen LogP contribution in [0.2, 0.25) is 5.02 Å². The smallest absolute Gasteiger partial charge is 0.349 e. The number of hydrogen-bond acceptors (Lipinski definition) is 7. The van der Waals surface area contributed by atoms with Crippen molar-refractivity contribution in [2.24, 2.45) is 11.7 Å². The quantitative estimate of drug-likeness (QED) is 0.247. The van der Waals surface area contributed by atoms with E-state index in [0.29, 0.717) is 16.1 Å². The molecule has 0 aliphatic carbocycles. The minimum atomic E-state index is -1.28. The summed E-state index contributed by atoms with van der Waals surface area (Å²) in [6, 6.07) is 14.8. The number of benzene rings is 2. The van der Waals surface area contributed by atoms with E-state index in [1.165, 1.54) is 0 Å². The van der Waals surface area contributed by atoms with Gasteiger partial charge < -0.3 is 31.3 Å². The lowest BCUT2D eigenvalue weighted by Crippen LogP contribution is -2.55. The number of primary amides is 1. The molecule has 1 aliphatic heterocycles. The molecule has 4 rings (SSSR count). The van der Waals surface area contributed by atoms with Crippen LogP contribution in [0.1, 0.15) is 33.6 Å². The van der Waals surface area contributed by atoms with Crippen LogP contribution in [0, 0.1) is 12.8 Å². The number of carboxylic acid groups (broad SMARTS) is 2. The van der Waals surface area contributed by atoms with Crippen molar-refractivity contribution < 1.29 is 29.3 Å². The van der Waals surface area contributed by atoms with Crippen molar-refractivity contribution in [1.82, 2.24) is 5.32 Å². The Labute approximate surface area is 228 Å². The lowest BCUT2D eigenvalue weighted by atomic mass is 9.72. The third-order valence-electron chi connectivity index (χ3n) is 6.62. The fraction of sp³-hybridized carbons (Fsp3) is 0.296. The minimum Gasteiger partial charge on any atom is -0.479 e. The highest BCUT2D eigenvalue weighted by atomic mass is 35.5. The molecule has 0 saturated carbocycles. The molecule has 1 unspecified atom stereocenters. The molecule has 1 aromatic heterocycles. The lowest BCUT2D eigenvalue weighted by molar-refractivity contribution is -0.139. The molecule has 0 bridgehead atoms. The zero-order chi connectivity index (χ0) is 27.4. The molecule has 3 aromatic rings. The molecule has 1 atom stereocenters. The van der Waals surface area contributed by atoms with Gasteiger partial charge in [-0.15, -0.1) is 11.3 Å². The van der Waals surface area contributed by atoms with Gasteiger partial charge in [0.05, 0.1) is 4.88 Å². The summed E-state index contributed by atoms with van der Waals surface area (Å²) >= 11 is 7.37. The first-order valence-corrected chi connectivity index (χ1v) is 13.2. The van der Waals surface area contributed by atoms with Gasteiger partial charge in [0.1, 0.15) is 10.6 Å². The van der Waals surface area contributed by atoms with Gasteiger partial charge in [-0.2, -0.15) is 0 Å². The number of rotatable bonds is 10. The summed E-state index contributed by atoms with van der Waals surface area (Å²) in [5.74, 6) is -3.30. The summed E-state index contributed by atoms with van der Waals surface area (Å²) in [6.45, 7) is 2.75. The van der Waals surface area contributed by atoms with Crippen LogP contribution in [-0.2, 0) is 15.1 Å². The number of aryl methyl sites for hydroxylation is 1. The number of hydrogen-bond donors (Lipinski definition) is 5. The fourth-order valence-corrected chi connectivity index (χ4v) is 6.31. The highest BCUT2D eigenvalue weighted by Crippen LogP contribution is 2.46. The maximum atomic E-state index is 13.3. The van der Waals surface area contributed by atoms with Gasteiger partial charge in [-0.25, -0.2) is 9.59 Å². The number of ether oxygens (including phenoxy) is 1. The number of anilines is 1. The molecule has 11 heteroatoms. The fourth-order valence-electron chi connectivity index (χ4n) is 4.91. The molecule has 0 spiro atoms. The number of carbonyl (C=O) groups is 3. The number of aromatic carboxylic acids is 1. The predicted molar refractivity (Wildman–Crippen MR) is 146 cm³/mol. The van der Waals surface area contributed by atoms with E-state index in [9.17, 15) is 19.5 Å². The number of aliphatic carboxylic acids is 1. The van der Waals surface area contributed by atoms with Gasteiger partial charge in [-0.1, -0.05) is 53.6 Å². The molecule has 9 nitrogen and oxygen atoms in total. The number of nitrogens with one attached hydrogen (secondary N) is 2. The van der Waals surface area contributed by atoms with E-state index in [-0.39, 0.29) is 21.6 Å². The van der Waals surface area contributed by atoms with Crippen LogP contribution in [0.4, 0.5) is 5.69 Å². The van der Waals surface area contributed by atoms with Gasteiger partial charge >= 0.3 is 11.9 Å². The molecule has 1 saturated heterocycles. The van der Waals surface area contributed by atoms with Crippen molar-refractivity contribution in [1.29, 1.82) is 0 Å². The standard InChI is InChI=1S/C27H28ClN3O6S/c1-15-4-2-6-18(12-15)27(26(29)36,17-8-10-30-11-9-17)31-19-7-3-5-16(13-19)23-21(28)22(37-14-20(32)33)24(38-23)25(34)35/h2-7,12-13,17,30-31H,8-11,14H2,1H3,(H2,29,36)(H,32,33)(H,34,35). The van der Waals surface area contributed by atoms with E-state index in [0.717, 1.165) is 48.4 Å². The monoisotopic (exact) mass is 557 g/mol. The second-order valence-corrected chi connectivity index (χ2v) is 10.6. The molecule has 0 radical (unpaired) electrons. The summed E-state index contributed by atoms with van der Waals surface area (Å²) in [5, 5.41) is 25.4. The molecule has 2 aromatic carbocycles. The Morgan fingerprint density at radius 2 is 1.87 bits per heavy atom. The Balaban J connectivity index is 1.79. The van der Waals surface area contributed by atoms with Crippen molar-refractivity contribution in [2.75, 3.05) is 25.0 Å². The highest BCUT2D eigenvalue weighted by Gasteiger charge is 2.46. The summed E-state index contributed by atoms with van der Waals surface area (Å²) < 4.78 is 5.20. The number of carboxylic acids is 2. The highest BCUT2D eigenvalue weighted by molar-refractivity contribution is 7.18. The van der Waals surface area contributed by atoms with Gasteiger partial charge in [0.2, 0.25) is 5.91 Å². The van der Waals surface area contributed by atoms with Crippen LogP contribution in [0.15, 0.2) is 48.5 Å². The van der Waals surface area contributed by atoms with Crippen LogP contribution < -0.4 is 21.1 Å². The summed E-state index contributed by atoms with van der Waals surface area (Å²) in [4.78, 5) is 36.3. The second kappa shape index (κ2) is 11.4. The van der Waals surface area contributed by atoms with Crippen LogP contribution in [0.25, 0.3) is 10.4 Å². The Hall–Kier alpha value is -3.60. The molecule has 38 heavy (non-hydrogen) atoms. The third-order valence-corrected chi connectivity index (χ3v) is 8.30. The zero-order valence-electron chi connectivity index (χ0n) is 20.6. The second-order valence-electron chi connectivity index (χ2n) is 9.16. The average Bonchev–Trinajstić information content (AvgIpc) is 3.23. The first kappa shape index (κ1) is 27.4. The topological polar surface area (TPSA) is 151 Å². The largest absolute Gasteiger partial charge is 0.479 e. The Kier molecular flexibility index (Phi) is 8.25. The summed E-state index contributed by atoms with van der Waals surface area (Å²) in [7, 11) is 0. The zero-order valence-corrected chi connectivity index (χ0v) is 22.2. The first-order valence-electron chi connectivity index (χ1n) is 12.0. The van der Waals surface area contributed by atoms with E-state index >= 15 is 0 Å². The van der Waals surface area contributed by atoms with Crippen molar-refractivity contribution >= 4 is 46.5 Å². The SMILES string of the molecule is Cc1cccc(C(Nc2cccc(-c3sc(C(=O)O)c(OCC(=O)O)c3Cl)c2)(C(N)=O)C2CCNCC2)c1. The summed E-state index contributed by atoms with van der Waals surface area (Å²) in [5.41, 5.74) is 7.90. The van der Waals surface area contributed by atoms with Crippen molar-refractivity contribution in [2.45, 2.75) is 25.3 Å². The maximum absolute atomic E-state index is 13.3. The lowest BCUT2D eigenvalue weighted by Gasteiger charge is -2.42. The number of piperidine rings is 1. The molecular weight excluding hydrogens is 530 g/mol. The van der Waals surface area contributed by atoms with Crippen molar-refractivity contribution in [3.8, 4) is 16.2 Å². The minimum absolute atomic E-state index is 0.00371. The first-order chi connectivity index (χ1) is 18.1. The number of halogens is 1. The maximum Gasteiger partial charge on any atom is 0.349 e. The third kappa shape index (κ3) is 5.47. The van der Waals surface area contributed by atoms with Crippen LogP contribution in [0.5, 0.6) is 5.75 Å². The van der Waals surface area contributed by atoms with Gasteiger partial charge in [0.25, 0.3) is 0 Å². The van der Waals surface area contributed by atoms with E-state index in [1.807, 2.05) is 31.2 Å². The van der Waals surface area contributed by atoms with E-state index in [1.54, 1.807) is 24.3 Å².